The lowest BCUT2D eigenvalue weighted by atomic mass is 10.1. The zero-order valence-corrected chi connectivity index (χ0v) is 19.6. The molecule has 0 aromatic carbocycles. The van der Waals surface area contributed by atoms with E-state index in [2.05, 4.69) is 20.6 Å². The van der Waals surface area contributed by atoms with E-state index in [-0.39, 0.29) is 22.9 Å². The Morgan fingerprint density at radius 1 is 0.794 bits per heavy atom. The van der Waals surface area contributed by atoms with E-state index >= 15 is 0 Å². The van der Waals surface area contributed by atoms with Crippen LogP contribution >= 0.6 is 21.6 Å². The van der Waals surface area contributed by atoms with Crippen LogP contribution in [0.5, 0.6) is 11.5 Å². The monoisotopic (exact) mass is 510 g/mol. The standard InChI is InChI=1S/C20H22N4O8S2/c1-19(17(29)30,23-15(27)13-11(25)5-3-7-21-13)9-33-34-10-20(2,18(31)32)24-16(28)14-12(26)6-4-8-22-14/h3-8,25-26H,9-10H2,1-2H3,(H,23,27)(H,24,28)(H,29,30)(H,31,32)/t19-,20-/m0/s1. The number of rotatable bonds is 11. The molecule has 2 aromatic rings. The number of amides is 2. The van der Waals surface area contributed by atoms with Gasteiger partial charge in [-0.3, -0.25) is 9.59 Å². The lowest BCUT2D eigenvalue weighted by Crippen LogP contribution is -2.55. The minimum atomic E-state index is -1.78. The fourth-order valence-electron chi connectivity index (χ4n) is 2.38. The smallest absolute Gasteiger partial charge is 0.330 e. The molecule has 6 N–H and O–H groups in total. The summed E-state index contributed by atoms with van der Waals surface area (Å²) in [5, 5.41) is 43.4. The van der Waals surface area contributed by atoms with Crippen LogP contribution in [0.3, 0.4) is 0 Å². The molecule has 0 spiro atoms. The number of aromatic nitrogens is 2. The van der Waals surface area contributed by atoms with Crippen LogP contribution < -0.4 is 10.6 Å². The SMILES string of the molecule is C[C@@](CSSC[C@](C)(NC(=O)c1ncccc1O)C(=O)O)(NC(=O)c1ncccc1O)C(=O)O. The Balaban J connectivity index is 2.02. The van der Waals surface area contributed by atoms with Crippen molar-refractivity contribution in [3.63, 3.8) is 0 Å². The maximum absolute atomic E-state index is 12.4. The molecule has 12 nitrogen and oxygen atoms in total. The van der Waals surface area contributed by atoms with E-state index in [1.807, 2.05) is 0 Å². The molecule has 0 radical (unpaired) electrons. The Bertz CT molecular complexity index is 1020. The summed E-state index contributed by atoms with van der Waals surface area (Å²) in [6.45, 7) is 2.51. The van der Waals surface area contributed by atoms with E-state index in [1.54, 1.807) is 0 Å². The molecule has 0 aliphatic rings. The fraction of sp³-hybridized carbons (Fsp3) is 0.300. The Morgan fingerprint density at radius 2 is 1.15 bits per heavy atom. The van der Waals surface area contributed by atoms with Crippen molar-refractivity contribution in [2.45, 2.75) is 24.9 Å². The molecule has 0 saturated heterocycles. The van der Waals surface area contributed by atoms with Crippen LogP contribution in [-0.4, -0.2) is 76.7 Å². The molecular formula is C20H22N4O8S2. The number of carboxylic acid groups (broad SMARTS) is 2. The number of nitrogens with zero attached hydrogens (tertiary/aromatic N) is 2. The van der Waals surface area contributed by atoms with Gasteiger partial charge in [0.25, 0.3) is 11.8 Å². The average molecular weight is 511 g/mol. The number of carbonyl (C=O) groups excluding carboxylic acids is 2. The third kappa shape index (κ3) is 6.51. The maximum atomic E-state index is 12.4. The van der Waals surface area contributed by atoms with Gasteiger partial charge < -0.3 is 31.1 Å². The average Bonchev–Trinajstić information content (AvgIpc) is 2.77. The first-order chi connectivity index (χ1) is 15.9. The molecule has 0 fully saturated rings. The van der Waals surface area contributed by atoms with Crippen molar-refractivity contribution in [2.24, 2.45) is 0 Å². The topological polar surface area (TPSA) is 199 Å². The third-order valence-corrected chi connectivity index (χ3v) is 7.27. The zero-order valence-electron chi connectivity index (χ0n) is 18.0. The van der Waals surface area contributed by atoms with E-state index in [0.717, 1.165) is 21.6 Å². The van der Waals surface area contributed by atoms with Gasteiger partial charge in [-0.25, -0.2) is 19.6 Å². The number of hydrogen-bond donors (Lipinski definition) is 6. The predicted molar refractivity (Wildman–Crippen MR) is 124 cm³/mol. The molecule has 2 rings (SSSR count). The minimum absolute atomic E-state index is 0.184. The van der Waals surface area contributed by atoms with Crippen LogP contribution in [0.2, 0.25) is 0 Å². The van der Waals surface area contributed by atoms with Gasteiger partial charge in [0, 0.05) is 23.9 Å². The fourth-order valence-corrected chi connectivity index (χ4v) is 5.33. The van der Waals surface area contributed by atoms with Gasteiger partial charge >= 0.3 is 11.9 Å². The second-order valence-corrected chi connectivity index (χ2v) is 9.91. The van der Waals surface area contributed by atoms with Gasteiger partial charge in [-0.15, -0.1) is 0 Å². The molecule has 0 aliphatic heterocycles. The summed E-state index contributed by atoms with van der Waals surface area (Å²) in [6, 6.07) is 5.28. The zero-order chi connectivity index (χ0) is 25.5. The van der Waals surface area contributed by atoms with Gasteiger partial charge in [-0.2, -0.15) is 0 Å². The first-order valence-electron chi connectivity index (χ1n) is 9.54. The van der Waals surface area contributed by atoms with E-state index < -0.39 is 46.3 Å². The summed E-state index contributed by atoms with van der Waals surface area (Å²) in [5.41, 5.74) is -4.24. The minimum Gasteiger partial charge on any atom is -0.505 e. The number of aliphatic carboxylic acids is 2. The quantitative estimate of drug-likeness (QED) is 0.186. The van der Waals surface area contributed by atoms with Gasteiger partial charge in [0.05, 0.1) is 0 Å². The normalized spacial score (nSPS) is 14.3. The Labute approximate surface area is 201 Å². The summed E-state index contributed by atoms with van der Waals surface area (Å²) in [7, 11) is 1.92. The van der Waals surface area contributed by atoms with Crippen LogP contribution in [0.1, 0.15) is 34.8 Å². The summed E-state index contributed by atoms with van der Waals surface area (Å²) < 4.78 is 0. The summed E-state index contributed by atoms with van der Waals surface area (Å²) in [6.07, 6.45) is 2.53. The second kappa shape index (κ2) is 11.1. The lowest BCUT2D eigenvalue weighted by molar-refractivity contribution is -0.143. The molecule has 2 atom stereocenters. The number of carbonyl (C=O) groups is 4. The molecule has 182 valence electrons. The van der Waals surface area contributed by atoms with Gasteiger partial charge in [-0.05, 0) is 38.1 Å². The number of carboxylic acids is 2. The third-order valence-electron chi connectivity index (χ3n) is 4.50. The molecule has 0 bridgehead atoms. The highest BCUT2D eigenvalue weighted by Gasteiger charge is 2.39. The number of pyridine rings is 2. The van der Waals surface area contributed by atoms with Crippen LogP contribution in [0.25, 0.3) is 0 Å². The van der Waals surface area contributed by atoms with E-state index in [1.165, 1.54) is 50.5 Å². The molecule has 2 aromatic heterocycles. The van der Waals surface area contributed by atoms with Crippen molar-refractivity contribution in [2.75, 3.05) is 11.5 Å². The van der Waals surface area contributed by atoms with E-state index in [9.17, 15) is 39.6 Å². The summed E-state index contributed by atoms with van der Waals surface area (Å²) in [5.74, 6) is -5.71. The maximum Gasteiger partial charge on any atom is 0.330 e. The molecular weight excluding hydrogens is 488 g/mol. The molecule has 14 heteroatoms. The predicted octanol–water partition coefficient (Wildman–Crippen LogP) is 1.12. The summed E-state index contributed by atoms with van der Waals surface area (Å²) in [4.78, 5) is 55.8. The second-order valence-electron chi connectivity index (χ2n) is 7.45. The largest absolute Gasteiger partial charge is 0.505 e. The van der Waals surface area contributed by atoms with Crippen molar-refractivity contribution in [3.8, 4) is 11.5 Å². The molecule has 0 saturated carbocycles. The Hall–Kier alpha value is -3.52. The van der Waals surface area contributed by atoms with Crippen molar-refractivity contribution in [3.05, 3.63) is 48.0 Å². The van der Waals surface area contributed by atoms with Crippen LogP contribution in [0.15, 0.2) is 36.7 Å². The Morgan fingerprint density at radius 3 is 1.44 bits per heavy atom. The molecule has 0 aliphatic carbocycles. The van der Waals surface area contributed by atoms with Gasteiger partial charge in [-0.1, -0.05) is 21.6 Å². The molecule has 2 heterocycles. The van der Waals surface area contributed by atoms with Gasteiger partial charge in [0.2, 0.25) is 0 Å². The summed E-state index contributed by atoms with van der Waals surface area (Å²) >= 11 is 0. The van der Waals surface area contributed by atoms with Crippen LogP contribution in [0.4, 0.5) is 0 Å². The van der Waals surface area contributed by atoms with Gasteiger partial charge in [0.1, 0.15) is 22.6 Å². The highest BCUT2D eigenvalue weighted by atomic mass is 33.1. The van der Waals surface area contributed by atoms with E-state index in [0.29, 0.717) is 0 Å². The Kier molecular flexibility index (Phi) is 8.70. The van der Waals surface area contributed by atoms with Gasteiger partial charge in [0.15, 0.2) is 11.4 Å². The van der Waals surface area contributed by atoms with Crippen molar-refractivity contribution in [1.82, 2.24) is 20.6 Å². The molecule has 34 heavy (non-hydrogen) atoms. The highest BCUT2D eigenvalue weighted by molar-refractivity contribution is 8.76. The first kappa shape index (κ1) is 26.7. The van der Waals surface area contributed by atoms with Crippen molar-refractivity contribution in [1.29, 1.82) is 0 Å². The first-order valence-corrected chi connectivity index (χ1v) is 12.0. The number of hydrogen-bond acceptors (Lipinski definition) is 10. The number of aromatic hydroxyl groups is 2. The molecule has 0 unspecified atom stereocenters. The van der Waals surface area contributed by atoms with Crippen LogP contribution in [0, 0.1) is 0 Å². The lowest BCUT2D eigenvalue weighted by Gasteiger charge is -2.28. The van der Waals surface area contributed by atoms with Crippen molar-refractivity contribution < 1.29 is 39.6 Å². The van der Waals surface area contributed by atoms with Crippen molar-refractivity contribution >= 4 is 45.3 Å². The molecule has 2 amide bonds. The van der Waals surface area contributed by atoms with E-state index in [4.69, 9.17) is 0 Å². The van der Waals surface area contributed by atoms with Crippen LogP contribution in [-0.2, 0) is 9.59 Å². The number of nitrogens with one attached hydrogen (secondary N) is 2. The highest BCUT2D eigenvalue weighted by Crippen LogP contribution is 2.30.